The molecular weight excluding hydrogens is 330 g/mol. The lowest BCUT2D eigenvalue weighted by atomic mass is 10.0. The van der Waals surface area contributed by atoms with E-state index in [1.165, 1.54) is 24.8 Å². The number of nitrogens with one attached hydrogen (secondary N) is 1. The fourth-order valence-corrected chi connectivity index (χ4v) is 3.10. The van der Waals surface area contributed by atoms with Gasteiger partial charge < -0.3 is 14.8 Å². The first-order chi connectivity index (χ1) is 10.1. The Morgan fingerprint density at radius 2 is 1.90 bits per heavy atom. The Labute approximate surface area is 136 Å². The Morgan fingerprint density at radius 3 is 2.67 bits per heavy atom. The number of rotatable bonds is 7. The topological polar surface area (TPSA) is 30.5 Å². The monoisotopic (exact) mass is 355 g/mol. The Hall–Kier alpha value is -0.740. The molecule has 0 saturated heterocycles. The average molecular weight is 356 g/mol. The highest BCUT2D eigenvalue weighted by Crippen LogP contribution is 2.38. The van der Waals surface area contributed by atoms with Crippen LogP contribution in [0.1, 0.15) is 45.6 Å². The second kappa shape index (κ2) is 8.04. The number of hydrogen-bond acceptors (Lipinski definition) is 3. The van der Waals surface area contributed by atoms with Crippen molar-refractivity contribution in [1.29, 1.82) is 0 Å². The highest BCUT2D eigenvalue weighted by Gasteiger charge is 2.16. The van der Waals surface area contributed by atoms with Crippen molar-refractivity contribution >= 4 is 15.9 Å². The summed E-state index contributed by atoms with van der Waals surface area (Å²) in [6, 6.07) is 4.73. The van der Waals surface area contributed by atoms with Gasteiger partial charge in [-0.15, -0.1) is 0 Å². The summed E-state index contributed by atoms with van der Waals surface area (Å²) >= 11 is 3.56. The summed E-state index contributed by atoms with van der Waals surface area (Å²) in [5, 5.41) is 3.59. The fraction of sp³-hybridized carbons (Fsp3) is 0.647. The summed E-state index contributed by atoms with van der Waals surface area (Å²) in [5.41, 5.74) is 1.22. The van der Waals surface area contributed by atoms with Crippen LogP contribution in [0.25, 0.3) is 0 Å². The minimum absolute atomic E-state index is 0.538. The highest BCUT2D eigenvalue weighted by atomic mass is 79.9. The molecule has 0 spiro atoms. The van der Waals surface area contributed by atoms with Crippen LogP contribution in [0.2, 0.25) is 0 Å². The number of ether oxygens (including phenoxy) is 2. The van der Waals surface area contributed by atoms with Gasteiger partial charge in [0, 0.05) is 12.6 Å². The molecule has 0 aromatic heterocycles. The van der Waals surface area contributed by atoms with Crippen LogP contribution in [-0.4, -0.2) is 19.3 Å². The van der Waals surface area contributed by atoms with Gasteiger partial charge in [0.1, 0.15) is 13.2 Å². The summed E-state index contributed by atoms with van der Waals surface area (Å²) < 4.78 is 12.3. The Bertz CT molecular complexity index is 462. The molecule has 1 N–H and O–H groups in total. The van der Waals surface area contributed by atoms with Crippen molar-refractivity contribution < 1.29 is 9.47 Å². The smallest absolute Gasteiger partial charge is 0.175 e. The summed E-state index contributed by atoms with van der Waals surface area (Å²) in [4.78, 5) is 0. The maximum Gasteiger partial charge on any atom is 0.175 e. The molecule has 1 aromatic carbocycles. The lowest BCUT2D eigenvalue weighted by Gasteiger charge is -2.21. The van der Waals surface area contributed by atoms with E-state index in [4.69, 9.17) is 9.47 Å². The third-order valence-electron chi connectivity index (χ3n) is 3.73. The molecule has 0 bridgehead atoms. The Kier molecular flexibility index (Phi) is 6.37. The van der Waals surface area contributed by atoms with Crippen molar-refractivity contribution in [3.05, 3.63) is 22.2 Å². The summed E-state index contributed by atoms with van der Waals surface area (Å²) in [6.45, 7) is 8.93. The van der Waals surface area contributed by atoms with Crippen molar-refractivity contribution in [1.82, 2.24) is 5.32 Å². The van der Waals surface area contributed by atoms with Crippen LogP contribution >= 0.6 is 15.9 Å². The minimum atomic E-state index is 0.538. The lowest BCUT2D eigenvalue weighted by molar-refractivity contribution is 0.170. The van der Waals surface area contributed by atoms with Crippen molar-refractivity contribution in [2.45, 2.75) is 52.6 Å². The van der Waals surface area contributed by atoms with Gasteiger partial charge in [-0.25, -0.2) is 0 Å². The number of halogens is 1. The highest BCUT2D eigenvalue weighted by molar-refractivity contribution is 9.10. The van der Waals surface area contributed by atoms with Gasteiger partial charge in [0.25, 0.3) is 0 Å². The SMILES string of the molecule is CC(C)CCCC(C)NCc1cc(Br)c2c(c1)OCCO2. The molecule has 1 aromatic rings. The van der Waals surface area contributed by atoms with E-state index in [2.05, 4.69) is 54.2 Å². The molecule has 1 aliphatic heterocycles. The molecule has 0 fully saturated rings. The summed E-state index contributed by atoms with van der Waals surface area (Å²) in [7, 11) is 0. The van der Waals surface area contributed by atoms with E-state index in [-0.39, 0.29) is 0 Å². The molecule has 4 heteroatoms. The van der Waals surface area contributed by atoms with Gasteiger partial charge in [-0.3, -0.25) is 0 Å². The molecule has 1 unspecified atom stereocenters. The number of hydrogen-bond donors (Lipinski definition) is 1. The van der Waals surface area contributed by atoms with Crippen LogP contribution in [-0.2, 0) is 6.54 Å². The van der Waals surface area contributed by atoms with Crippen molar-refractivity contribution in [2.75, 3.05) is 13.2 Å². The van der Waals surface area contributed by atoms with Gasteiger partial charge in [0.05, 0.1) is 4.47 Å². The molecule has 2 rings (SSSR count). The van der Waals surface area contributed by atoms with E-state index >= 15 is 0 Å². The molecule has 0 saturated carbocycles. The van der Waals surface area contributed by atoms with Crippen LogP contribution in [0.4, 0.5) is 0 Å². The van der Waals surface area contributed by atoms with Gasteiger partial charge >= 0.3 is 0 Å². The van der Waals surface area contributed by atoms with E-state index in [0.29, 0.717) is 19.3 Å². The predicted octanol–water partition coefficient (Wildman–Crippen LogP) is 4.52. The molecule has 0 aliphatic carbocycles. The molecule has 21 heavy (non-hydrogen) atoms. The Balaban J connectivity index is 1.84. The number of benzene rings is 1. The quantitative estimate of drug-likeness (QED) is 0.779. The fourth-order valence-electron chi connectivity index (χ4n) is 2.49. The van der Waals surface area contributed by atoms with Crippen LogP contribution in [0.5, 0.6) is 11.5 Å². The summed E-state index contributed by atoms with van der Waals surface area (Å²) in [5.74, 6) is 2.47. The predicted molar refractivity (Wildman–Crippen MR) is 90.1 cm³/mol. The van der Waals surface area contributed by atoms with Crippen LogP contribution < -0.4 is 14.8 Å². The zero-order valence-electron chi connectivity index (χ0n) is 13.2. The van der Waals surface area contributed by atoms with Crippen LogP contribution in [0.15, 0.2) is 16.6 Å². The van der Waals surface area contributed by atoms with Crippen LogP contribution in [0, 0.1) is 5.92 Å². The van der Waals surface area contributed by atoms with Gasteiger partial charge in [-0.05, 0) is 52.9 Å². The second-order valence-electron chi connectivity index (χ2n) is 6.21. The zero-order chi connectivity index (χ0) is 15.2. The summed E-state index contributed by atoms with van der Waals surface area (Å²) in [6.07, 6.45) is 3.82. The maximum atomic E-state index is 5.66. The van der Waals surface area contributed by atoms with Crippen molar-refractivity contribution in [3.63, 3.8) is 0 Å². The first-order valence-corrected chi connectivity index (χ1v) is 8.67. The molecule has 0 amide bonds. The first kappa shape index (κ1) is 16.6. The molecule has 1 aliphatic rings. The molecular formula is C17H26BrNO2. The second-order valence-corrected chi connectivity index (χ2v) is 7.06. The van der Waals surface area contributed by atoms with Crippen molar-refractivity contribution in [3.8, 4) is 11.5 Å². The molecule has 1 atom stereocenters. The van der Waals surface area contributed by atoms with Gasteiger partial charge in [0.2, 0.25) is 0 Å². The molecule has 3 nitrogen and oxygen atoms in total. The third-order valence-corrected chi connectivity index (χ3v) is 4.32. The Morgan fingerprint density at radius 1 is 1.14 bits per heavy atom. The molecule has 0 radical (unpaired) electrons. The van der Waals surface area contributed by atoms with E-state index in [0.717, 1.165) is 28.4 Å². The van der Waals surface area contributed by atoms with E-state index in [1.807, 2.05) is 0 Å². The maximum absolute atomic E-state index is 5.66. The third kappa shape index (κ3) is 5.19. The molecule has 1 heterocycles. The minimum Gasteiger partial charge on any atom is -0.486 e. The largest absolute Gasteiger partial charge is 0.486 e. The van der Waals surface area contributed by atoms with Crippen LogP contribution in [0.3, 0.4) is 0 Å². The average Bonchev–Trinajstić information content (AvgIpc) is 2.45. The van der Waals surface area contributed by atoms with Gasteiger partial charge in [0.15, 0.2) is 11.5 Å². The zero-order valence-corrected chi connectivity index (χ0v) is 14.8. The van der Waals surface area contributed by atoms with E-state index in [9.17, 15) is 0 Å². The van der Waals surface area contributed by atoms with Gasteiger partial charge in [-0.2, -0.15) is 0 Å². The van der Waals surface area contributed by atoms with Crippen molar-refractivity contribution in [2.24, 2.45) is 5.92 Å². The van der Waals surface area contributed by atoms with E-state index < -0.39 is 0 Å². The normalized spacial score (nSPS) is 15.3. The first-order valence-electron chi connectivity index (χ1n) is 7.87. The van der Waals surface area contributed by atoms with E-state index in [1.54, 1.807) is 0 Å². The lowest BCUT2D eigenvalue weighted by Crippen LogP contribution is -2.25. The molecule has 118 valence electrons. The van der Waals surface area contributed by atoms with Gasteiger partial charge in [-0.1, -0.05) is 26.7 Å². The standard InChI is InChI=1S/C17H26BrNO2/c1-12(2)5-4-6-13(3)19-11-14-9-15(18)17-16(10-14)20-7-8-21-17/h9-10,12-13,19H,4-8,11H2,1-3H3. The number of fused-ring (bicyclic) bond motifs is 1.